The number of unbranched alkanes of at least 4 members (excludes halogenated alkanes) is 1. The van der Waals surface area contributed by atoms with Crippen LogP contribution < -0.4 is 0 Å². The van der Waals surface area contributed by atoms with Crippen molar-refractivity contribution in [3.05, 3.63) is 18.2 Å². The second-order valence-electron chi connectivity index (χ2n) is 5.12. The Morgan fingerprint density at radius 1 is 1.31 bits per heavy atom. The molecule has 1 aliphatic carbocycles. The first-order valence-electron chi connectivity index (χ1n) is 6.91. The van der Waals surface area contributed by atoms with E-state index in [0.717, 1.165) is 5.92 Å². The lowest BCUT2D eigenvalue weighted by molar-refractivity contribution is 0.353. The van der Waals surface area contributed by atoms with E-state index in [1.165, 1.54) is 57.2 Å². The molecule has 1 N–H and O–H groups in total. The minimum absolute atomic E-state index is 0.698. The Bertz CT molecular complexity index is 279. The number of nitrogens with zero attached hydrogens (tertiary/aromatic N) is 1. The molecule has 16 heavy (non-hydrogen) atoms. The summed E-state index contributed by atoms with van der Waals surface area (Å²) in [5.74, 6) is 2.81. The van der Waals surface area contributed by atoms with Gasteiger partial charge in [-0.25, -0.2) is 4.98 Å². The second kappa shape index (κ2) is 6.07. The molecule has 90 valence electrons. The minimum Gasteiger partial charge on any atom is -0.348 e. The summed E-state index contributed by atoms with van der Waals surface area (Å²) in [6, 6.07) is 0. The van der Waals surface area contributed by atoms with Gasteiger partial charge in [-0.15, -0.1) is 0 Å². The number of nitrogens with one attached hydrogen (secondary N) is 1. The van der Waals surface area contributed by atoms with E-state index in [0.29, 0.717) is 5.92 Å². The van der Waals surface area contributed by atoms with Gasteiger partial charge >= 0.3 is 0 Å². The Morgan fingerprint density at radius 3 is 2.94 bits per heavy atom. The average Bonchev–Trinajstić information content (AvgIpc) is 2.73. The van der Waals surface area contributed by atoms with Crippen LogP contribution in [0.5, 0.6) is 0 Å². The maximum atomic E-state index is 4.48. The summed E-state index contributed by atoms with van der Waals surface area (Å²) in [5, 5.41) is 0. The van der Waals surface area contributed by atoms with Gasteiger partial charge in [-0.05, 0) is 25.2 Å². The number of hydrogen-bond acceptors (Lipinski definition) is 1. The van der Waals surface area contributed by atoms with Gasteiger partial charge in [0.25, 0.3) is 0 Å². The number of hydrogen-bond donors (Lipinski definition) is 1. The molecule has 0 aromatic carbocycles. The van der Waals surface area contributed by atoms with Crippen molar-refractivity contribution in [2.45, 2.75) is 64.2 Å². The topological polar surface area (TPSA) is 28.7 Å². The molecule has 0 aliphatic heterocycles. The smallest absolute Gasteiger partial charge is 0.109 e. The van der Waals surface area contributed by atoms with Crippen molar-refractivity contribution in [3.63, 3.8) is 0 Å². The standard InChI is InChI=1S/C14H24N2/c1-2-3-7-12-8-5-4-6-9-13(12)14-15-10-11-16-14/h10-13H,2-9H2,1H3,(H,15,16). The molecule has 1 fully saturated rings. The minimum atomic E-state index is 0.698. The Hall–Kier alpha value is -0.790. The van der Waals surface area contributed by atoms with E-state index in [1.807, 2.05) is 12.4 Å². The van der Waals surface area contributed by atoms with Crippen LogP contribution in [0.25, 0.3) is 0 Å². The highest BCUT2D eigenvalue weighted by atomic mass is 14.9. The maximum Gasteiger partial charge on any atom is 0.109 e. The lowest BCUT2D eigenvalue weighted by Crippen LogP contribution is -2.13. The summed E-state index contributed by atoms with van der Waals surface area (Å²) >= 11 is 0. The number of rotatable bonds is 4. The largest absolute Gasteiger partial charge is 0.348 e. The summed E-state index contributed by atoms with van der Waals surface area (Å²) in [5.41, 5.74) is 0. The summed E-state index contributed by atoms with van der Waals surface area (Å²) in [6.07, 6.45) is 14.9. The Balaban J connectivity index is 2.04. The van der Waals surface area contributed by atoms with Crippen LogP contribution in [0.4, 0.5) is 0 Å². The van der Waals surface area contributed by atoms with Crippen LogP contribution in [0.15, 0.2) is 12.4 Å². The molecular weight excluding hydrogens is 196 g/mol. The lowest BCUT2D eigenvalue weighted by Gasteiger charge is -2.23. The van der Waals surface area contributed by atoms with Crippen LogP contribution in [0, 0.1) is 5.92 Å². The maximum absolute atomic E-state index is 4.48. The molecule has 0 bridgehead atoms. The molecule has 2 heteroatoms. The highest BCUT2D eigenvalue weighted by Gasteiger charge is 2.26. The summed E-state index contributed by atoms with van der Waals surface area (Å²) in [4.78, 5) is 7.81. The summed E-state index contributed by atoms with van der Waals surface area (Å²) in [6.45, 7) is 2.29. The van der Waals surface area contributed by atoms with Gasteiger partial charge in [-0.3, -0.25) is 0 Å². The van der Waals surface area contributed by atoms with E-state index in [1.54, 1.807) is 0 Å². The molecular formula is C14H24N2. The van der Waals surface area contributed by atoms with Crippen molar-refractivity contribution in [2.75, 3.05) is 0 Å². The van der Waals surface area contributed by atoms with Gasteiger partial charge in [0.15, 0.2) is 0 Å². The van der Waals surface area contributed by atoms with E-state index < -0.39 is 0 Å². The molecule has 2 nitrogen and oxygen atoms in total. The fourth-order valence-electron chi connectivity index (χ4n) is 3.04. The van der Waals surface area contributed by atoms with Gasteiger partial charge < -0.3 is 4.98 Å². The molecule has 0 radical (unpaired) electrons. The molecule has 1 saturated carbocycles. The lowest BCUT2D eigenvalue weighted by atomic mass is 9.83. The van der Waals surface area contributed by atoms with Gasteiger partial charge in [0.2, 0.25) is 0 Å². The zero-order valence-electron chi connectivity index (χ0n) is 10.4. The first-order chi connectivity index (χ1) is 7.92. The SMILES string of the molecule is CCCCC1CCCCCC1c1ncc[nH]1. The number of aromatic amines is 1. The van der Waals surface area contributed by atoms with Crippen LogP contribution in [-0.2, 0) is 0 Å². The van der Waals surface area contributed by atoms with Crippen LogP contribution in [0.1, 0.15) is 70.0 Å². The molecule has 0 saturated heterocycles. The van der Waals surface area contributed by atoms with Gasteiger partial charge in [0, 0.05) is 18.3 Å². The fourth-order valence-corrected chi connectivity index (χ4v) is 3.04. The summed E-state index contributed by atoms with van der Waals surface area (Å²) < 4.78 is 0. The predicted octanol–water partition coefficient (Wildman–Crippen LogP) is 4.26. The highest BCUT2D eigenvalue weighted by Crippen LogP contribution is 2.37. The van der Waals surface area contributed by atoms with Crippen LogP contribution in [0.3, 0.4) is 0 Å². The molecule has 1 aromatic heterocycles. The van der Waals surface area contributed by atoms with Crippen molar-refractivity contribution >= 4 is 0 Å². The average molecular weight is 220 g/mol. The molecule has 1 aliphatic rings. The van der Waals surface area contributed by atoms with E-state index in [9.17, 15) is 0 Å². The second-order valence-corrected chi connectivity index (χ2v) is 5.12. The molecule has 0 spiro atoms. The molecule has 2 rings (SSSR count). The number of aromatic nitrogens is 2. The zero-order chi connectivity index (χ0) is 11.2. The van der Waals surface area contributed by atoms with E-state index in [-0.39, 0.29) is 0 Å². The third-order valence-corrected chi connectivity index (χ3v) is 3.96. The first kappa shape index (κ1) is 11.7. The quantitative estimate of drug-likeness (QED) is 0.754. The van der Waals surface area contributed by atoms with Crippen LogP contribution in [-0.4, -0.2) is 9.97 Å². The molecule has 2 unspecified atom stereocenters. The third kappa shape index (κ3) is 2.87. The van der Waals surface area contributed by atoms with Crippen molar-refractivity contribution in [1.29, 1.82) is 0 Å². The predicted molar refractivity (Wildman–Crippen MR) is 67.4 cm³/mol. The van der Waals surface area contributed by atoms with Crippen molar-refractivity contribution in [2.24, 2.45) is 5.92 Å². The third-order valence-electron chi connectivity index (χ3n) is 3.96. The Kier molecular flexibility index (Phi) is 4.44. The monoisotopic (exact) mass is 220 g/mol. The van der Waals surface area contributed by atoms with Crippen molar-refractivity contribution < 1.29 is 0 Å². The van der Waals surface area contributed by atoms with Crippen molar-refractivity contribution in [1.82, 2.24) is 9.97 Å². The highest BCUT2D eigenvalue weighted by molar-refractivity contribution is 5.00. The fraction of sp³-hybridized carbons (Fsp3) is 0.786. The number of imidazole rings is 1. The van der Waals surface area contributed by atoms with E-state index in [2.05, 4.69) is 16.9 Å². The Labute approximate surface area is 98.9 Å². The van der Waals surface area contributed by atoms with Crippen LogP contribution in [0.2, 0.25) is 0 Å². The summed E-state index contributed by atoms with van der Waals surface area (Å²) in [7, 11) is 0. The van der Waals surface area contributed by atoms with E-state index in [4.69, 9.17) is 0 Å². The van der Waals surface area contributed by atoms with E-state index >= 15 is 0 Å². The normalized spacial score (nSPS) is 26.6. The zero-order valence-corrected chi connectivity index (χ0v) is 10.4. The van der Waals surface area contributed by atoms with Gasteiger partial charge in [-0.2, -0.15) is 0 Å². The van der Waals surface area contributed by atoms with Crippen LogP contribution >= 0.6 is 0 Å². The molecule has 1 heterocycles. The number of H-pyrrole nitrogens is 1. The first-order valence-corrected chi connectivity index (χ1v) is 6.91. The van der Waals surface area contributed by atoms with Gasteiger partial charge in [0.1, 0.15) is 5.82 Å². The van der Waals surface area contributed by atoms with Gasteiger partial charge in [-0.1, -0.05) is 39.0 Å². The molecule has 0 amide bonds. The van der Waals surface area contributed by atoms with Gasteiger partial charge in [0.05, 0.1) is 0 Å². The van der Waals surface area contributed by atoms with Crippen molar-refractivity contribution in [3.8, 4) is 0 Å². The molecule has 2 atom stereocenters. The Morgan fingerprint density at radius 2 is 2.19 bits per heavy atom. The molecule has 1 aromatic rings.